The van der Waals surface area contributed by atoms with Gasteiger partial charge in [-0.25, -0.2) is 4.85 Å². The van der Waals surface area contributed by atoms with E-state index in [2.05, 4.69) is 198 Å². The van der Waals surface area contributed by atoms with Crippen LogP contribution in [0.3, 0.4) is 0 Å². The molecule has 4 aliphatic rings. The molecule has 4 aliphatic heterocycles. The van der Waals surface area contributed by atoms with E-state index in [1.54, 1.807) is 0 Å². The van der Waals surface area contributed by atoms with Gasteiger partial charge in [-0.3, -0.25) is 0 Å². The van der Waals surface area contributed by atoms with E-state index in [9.17, 15) is 5.26 Å². The number of nitrogens with zero attached hydrogens (tertiary/aromatic N) is 4. The first-order valence-electron chi connectivity index (χ1n) is 19.1. The quantitative estimate of drug-likeness (QED) is 0.112. The van der Waals surface area contributed by atoms with E-state index >= 15 is 0 Å². The van der Waals surface area contributed by atoms with E-state index < -0.39 is 0 Å². The molecule has 0 bridgehead atoms. The number of benzene rings is 8. The van der Waals surface area contributed by atoms with Crippen molar-refractivity contribution in [1.82, 2.24) is 0 Å². The number of halogens is 2. The molecule has 8 aromatic carbocycles. The second kappa shape index (κ2) is 14.4. The molecule has 12 rings (SSSR count). The number of anilines is 4. The predicted octanol–water partition coefficient (Wildman–Crippen LogP) is 11.8. The molecule has 4 nitrogen and oxygen atoms in total. The van der Waals surface area contributed by atoms with Crippen molar-refractivity contribution >= 4 is 95.8 Å². The summed E-state index contributed by atoms with van der Waals surface area (Å²) in [5, 5.41) is 9.47. The number of fused-ring (bicyclic) bond motifs is 22. The van der Waals surface area contributed by atoms with Crippen molar-refractivity contribution in [3.05, 3.63) is 196 Å². The molecular weight excluding hydrogens is 850 g/mol. The lowest BCUT2D eigenvalue weighted by atomic mass is 9.43. The lowest BCUT2D eigenvalue weighted by Gasteiger charge is -2.43. The number of hydrogen-bond donors (Lipinski definition) is 0. The van der Waals surface area contributed by atoms with Gasteiger partial charge in [-0.1, -0.05) is 142 Å². The summed E-state index contributed by atoms with van der Waals surface area (Å²) in [5.41, 5.74) is 20.8. The second-order valence-electron chi connectivity index (χ2n) is 14.9. The molecule has 0 fully saturated rings. The highest BCUT2D eigenvalue weighted by Gasteiger charge is 2.43. The van der Waals surface area contributed by atoms with Crippen LogP contribution in [0.25, 0.3) is 49.4 Å². The Morgan fingerprint density at radius 1 is 0.441 bits per heavy atom. The fourth-order valence-corrected chi connectivity index (χ4v) is 10.3. The van der Waals surface area contributed by atoms with E-state index in [1.165, 1.54) is 66.6 Å². The minimum Gasteiger partial charge on any atom is -0.376 e. The Morgan fingerprint density at radius 3 is 1.20 bits per heavy atom. The van der Waals surface area contributed by atoms with Crippen molar-refractivity contribution in [2.24, 2.45) is 0 Å². The predicted molar refractivity (Wildman–Crippen MR) is 255 cm³/mol. The van der Waals surface area contributed by atoms with Gasteiger partial charge < -0.3 is 9.62 Å². The molecule has 0 radical (unpaired) electrons. The molecule has 0 N–H and O–H groups in total. The highest BCUT2D eigenvalue weighted by Crippen LogP contribution is 2.48. The largest absolute Gasteiger partial charge is 0.376 e. The van der Waals surface area contributed by atoms with E-state index in [0.717, 1.165) is 31.4 Å². The number of nitriles is 1. The summed E-state index contributed by atoms with van der Waals surface area (Å²) < 4.78 is 2.21. The summed E-state index contributed by atoms with van der Waals surface area (Å²) in [6.07, 6.45) is 0. The van der Waals surface area contributed by atoms with Crippen LogP contribution in [0.4, 0.5) is 28.4 Å². The summed E-state index contributed by atoms with van der Waals surface area (Å²) in [4.78, 5) is 8.53. The fourth-order valence-electron chi connectivity index (χ4n) is 9.55. The molecule has 0 unspecified atom stereocenters. The van der Waals surface area contributed by atoms with Gasteiger partial charge in [0.1, 0.15) is 0 Å². The van der Waals surface area contributed by atoms with Crippen LogP contribution < -0.4 is 31.5 Å². The van der Waals surface area contributed by atoms with Crippen LogP contribution in [0, 0.1) is 17.9 Å². The molecule has 276 valence electrons. The lowest BCUT2D eigenvalue weighted by Crippen LogP contribution is -2.59. The van der Waals surface area contributed by atoms with E-state index in [0.29, 0.717) is 11.3 Å². The number of hydrogen-bond acceptors (Lipinski definition) is 3. The zero-order valence-electron chi connectivity index (χ0n) is 30.9. The molecule has 8 aromatic rings. The first-order valence-corrected chi connectivity index (χ1v) is 20.7. The Kier molecular flexibility index (Phi) is 8.95. The van der Waals surface area contributed by atoms with Crippen molar-refractivity contribution in [1.29, 1.82) is 5.26 Å². The van der Waals surface area contributed by atoms with Crippen LogP contribution in [0.5, 0.6) is 0 Å². The van der Waals surface area contributed by atoms with Crippen molar-refractivity contribution in [2.45, 2.75) is 7.43 Å². The molecule has 0 amide bonds. The van der Waals surface area contributed by atoms with Crippen LogP contribution in [-0.4, -0.2) is 13.7 Å². The molecule has 0 aromatic heterocycles. The summed E-state index contributed by atoms with van der Waals surface area (Å²) in [5.74, 6) is 0. The van der Waals surface area contributed by atoms with Crippen molar-refractivity contribution < 1.29 is 0 Å². The Labute approximate surface area is 362 Å². The van der Waals surface area contributed by atoms with Gasteiger partial charge >= 0.3 is 13.7 Å². The van der Waals surface area contributed by atoms with Crippen LogP contribution >= 0.6 is 31.9 Å². The average Bonchev–Trinajstić information content (AvgIpc) is 3.28. The summed E-state index contributed by atoms with van der Waals surface area (Å²) in [6.45, 7) is 7.69. The van der Waals surface area contributed by atoms with Gasteiger partial charge in [0.25, 0.3) is 0 Å². The van der Waals surface area contributed by atoms with Crippen LogP contribution in [0.1, 0.15) is 13.0 Å². The molecule has 0 atom stereocenters. The molecule has 0 saturated heterocycles. The van der Waals surface area contributed by atoms with Crippen molar-refractivity contribution in [3.63, 3.8) is 0 Å². The van der Waals surface area contributed by atoms with Gasteiger partial charge in [-0.15, -0.1) is 0 Å². The molecule has 4 heterocycles. The van der Waals surface area contributed by atoms with E-state index in [4.69, 9.17) is 6.57 Å². The minimum atomic E-state index is 0. The lowest BCUT2D eigenvalue weighted by molar-refractivity contribution is 1.34. The first kappa shape index (κ1) is 36.7. The normalized spacial score (nSPS) is 12.6. The topological polar surface area (TPSA) is 34.6 Å². The molecule has 8 heteroatoms. The Balaban J connectivity index is 0.000000140. The summed E-state index contributed by atoms with van der Waals surface area (Å²) in [6, 6.07) is 61.9. The maximum atomic E-state index is 9.47. The number of rotatable bonds is 0. The summed E-state index contributed by atoms with van der Waals surface area (Å²) in [7, 11) is 0. The van der Waals surface area contributed by atoms with Gasteiger partial charge in [0.05, 0.1) is 18.2 Å². The maximum absolute atomic E-state index is 9.47. The average molecular weight is 882 g/mol. The monoisotopic (exact) mass is 880 g/mol. The standard InChI is InChI=1S/C26H14BN3.C24H14BBr2N.CH4/c1-29-18-11-13-26-22(15-18)20-7-3-5-9-24(20)27-23-8-4-2-6-19(23)21-14-17(16-28)10-12-25(21)30(26)27;26-15-9-11-23-19(13-15)17-5-1-3-7-21(17)25-22-8-4-2-6-18(22)20-14-16(27)10-12-24(20)28(23)25;/h2-15H;1-14H;1H4. The van der Waals surface area contributed by atoms with Gasteiger partial charge in [0, 0.05) is 48.4 Å². The molecule has 0 saturated carbocycles. The second-order valence-corrected chi connectivity index (χ2v) is 16.7. The third-order valence-corrected chi connectivity index (χ3v) is 12.9. The zero-order valence-corrected chi connectivity index (χ0v) is 34.0. The Hall–Kier alpha value is -6.57. The van der Waals surface area contributed by atoms with E-state index in [-0.39, 0.29) is 21.1 Å². The molecule has 0 spiro atoms. The van der Waals surface area contributed by atoms with Gasteiger partial charge in [-0.2, -0.15) is 5.26 Å². The minimum absolute atomic E-state index is 0. The van der Waals surface area contributed by atoms with Crippen molar-refractivity contribution in [2.75, 3.05) is 9.62 Å². The highest BCUT2D eigenvalue weighted by molar-refractivity contribution is 9.10. The smallest absolute Gasteiger partial charge is 0.329 e. The van der Waals surface area contributed by atoms with Crippen molar-refractivity contribution in [3.8, 4) is 50.6 Å². The Morgan fingerprint density at radius 2 is 0.797 bits per heavy atom. The van der Waals surface area contributed by atoms with Crippen LogP contribution in [0.15, 0.2) is 179 Å². The maximum Gasteiger partial charge on any atom is 0.329 e. The molecule has 59 heavy (non-hydrogen) atoms. The summed E-state index contributed by atoms with van der Waals surface area (Å²) >= 11 is 7.35. The third kappa shape index (κ3) is 5.63. The zero-order chi connectivity index (χ0) is 39.1. The highest BCUT2D eigenvalue weighted by atomic mass is 79.9. The van der Waals surface area contributed by atoms with E-state index in [1.807, 2.05) is 24.3 Å². The van der Waals surface area contributed by atoms with Crippen LogP contribution in [-0.2, 0) is 0 Å². The van der Waals surface area contributed by atoms with Gasteiger partial charge in [0.2, 0.25) is 0 Å². The van der Waals surface area contributed by atoms with Crippen LogP contribution in [0.2, 0.25) is 0 Å². The fraction of sp³-hybridized carbons (Fsp3) is 0.0196. The molecule has 0 aliphatic carbocycles. The van der Waals surface area contributed by atoms with Gasteiger partial charge in [0.15, 0.2) is 5.69 Å². The third-order valence-electron chi connectivity index (χ3n) is 11.9. The van der Waals surface area contributed by atoms with Gasteiger partial charge in [-0.05, 0) is 116 Å². The first-order chi connectivity index (χ1) is 28.5. The Bertz CT molecular complexity index is 2920. The molecular formula is C51H32B2Br2N4. The SMILES string of the molecule is Brc1ccc2c(c1)-c1ccccc1B1c3ccccc3-c3cc(Br)ccc3N12.C.[C-]#[N+]c1ccc2c(c1)-c1ccccc1B1c3ccccc3-c3cc(C#N)ccc3N12.